The number of urea groups is 1. The summed E-state index contributed by atoms with van der Waals surface area (Å²) in [6.07, 6.45) is -0.0176. The van der Waals surface area contributed by atoms with Crippen molar-refractivity contribution in [2.75, 3.05) is 20.1 Å². The summed E-state index contributed by atoms with van der Waals surface area (Å²) in [5, 5.41) is 12.8. The van der Waals surface area contributed by atoms with E-state index >= 15 is 0 Å². The maximum Gasteiger partial charge on any atom is 0.408 e. The highest BCUT2D eigenvalue weighted by Gasteiger charge is 2.46. The van der Waals surface area contributed by atoms with Gasteiger partial charge in [0.15, 0.2) is 0 Å². The number of hydrazine groups is 1. The van der Waals surface area contributed by atoms with Gasteiger partial charge in [-0.1, -0.05) is 0 Å². The minimum absolute atomic E-state index is 0.0659. The zero-order chi connectivity index (χ0) is 36.8. The van der Waals surface area contributed by atoms with Gasteiger partial charge in [-0.15, -0.1) is 0 Å². The van der Waals surface area contributed by atoms with E-state index in [2.05, 4.69) is 21.3 Å². The largest absolute Gasteiger partial charge is 0.458 e. The Morgan fingerprint density at radius 1 is 0.939 bits per heavy atom. The smallest absolute Gasteiger partial charge is 0.408 e. The number of imide groups is 1. The molecule has 3 heterocycles. The predicted octanol–water partition coefficient (Wildman–Crippen LogP) is -0.601. The number of piperidine rings is 1. The molecule has 274 valence electrons. The Balaban J connectivity index is 1.84. The molecule has 0 aliphatic carbocycles. The lowest BCUT2D eigenvalue weighted by molar-refractivity contribution is -0.159. The highest BCUT2D eigenvalue weighted by molar-refractivity contribution is 6.01. The second-order valence-corrected chi connectivity index (χ2v) is 14.5. The number of rotatable bonds is 9. The number of amides is 8. The summed E-state index contributed by atoms with van der Waals surface area (Å²) in [4.78, 5) is 104. The number of alkyl carbamates (subject to hydrolysis) is 1. The number of fused-ring (bicyclic) bond motifs is 1. The molecule has 18 heteroatoms. The fourth-order valence-electron chi connectivity index (χ4n) is 5.82. The zero-order valence-electron chi connectivity index (χ0n) is 29.3. The number of nitrogens with zero attached hydrogens (tertiary/aromatic N) is 3. The molecule has 3 aliphatic heterocycles. The number of ether oxygens (including phenoxy) is 2. The standard InChI is InChI=1S/C31H50N8O10/c1-30(2,3)48-27(45)19(9-12-22(32)40)33-25(43)21-11-8-17-14-15-38(37(7)28(46)34-18-10-13-23(41)36-24(18)42)16-20(26(44)39(17)21)35-29(47)49-31(4,5)6/h17-21H,8-16H2,1-7H3,(H2,32,40)(H,33,43)(H,34,46)(H,35,47)(H,36,41,42)/t17-,18?,19+,20+,21+/m1/s1. The molecule has 0 aromatic carbocycles. The first-order valence-electron chi connectivity index (χ1n) is 16.4. The van der Waals surface area contributed by atoms with E-state index < -0.39 is 89.0 Å². The van der Waals surface area contributed by atoms with E-state index in [0.717, 1.165) is 0 Å². The Morgan fingerprint density at radius 2 is 1.59 bits per heavy atom. The average Bonchev–Trinajstić information content (AvgIpc) is 3.38. The molecule has 1 unspecified atom stereocenters. The van der Waals surface area contributed by atoms with E-state index in [1.54, 1.807) is 46.6 Å². The van der Waals surface area contributed by atoms with Gasteiger partial charge in [0.25, 0.3) is 0 Å². The molecule has 6 N–H and O–H groups in total. The van der Waals surface area contributed by atoms with Crippen LogP contribution in [0.1, 0.15) is 86.5 Å². The minimum atomic E-state index is -1.28. The SMILES string of the molecule is CN(C(=O)NC1CCC(=O)NC1=O)N1CC[C@H]2CC[C@@H](C(=O)N[C@@H](CCC(N)=O)C(=O)OC(C)(C)C)N2C(=O)[C@@H](NC(=O)OC(C)(C)C)C1. The quantitative estimate of drug-likeness (QED) is 0.151. The molecule has 3 fully saturated rings. The number of nitrogens with one attached hydrogen (secondary N) is 4. The number of carbonyl (C=O) groups is 8. The molecule has 3 saturated heterocycles. The molecular weight excluding hydrogens is 644 g/mol. The van der Waals surface area contributed by atoms with Gasteiger partial charge in [0.2, 0.25) is 29.5 Å². The van der Waals surface area contributed by atoms with Gasteiger partial charge in [-0.05, 0) is 73.6 Å². The van der Waals surface area contributed by atoms with Gasteiger partial charge in [0.1, 0.15) is 35.4 Å². The second kappa shape index (κ2) is 15.8. The first-order valence-corrected chi connectivity index (χ1v) is 16.4. The van der Waals surface area contributed by atoms with Crippen molar-refractivity contribution in [1.29, 1.82) is 0 Å². The van der Waals surface area contributed by atoms with Gasteiger partial charge >= 0.3 is 18.1 Å². The van der Waals surface area contributed by atoms with Gasteiger partial charge in [-0.25, -0.2) is 19.4 Å². The van der Waals surface area contributed by atoms with Crippen molar-refractivity contribution in [2.45, 2.75) is 128 Å². The van der Waals surface area contributed by atoms with Crippen molar-refractivity contribution in [1.82, 2.24) is 36.2 Å². The molecule has 5 atom stereocenters. The molecule has 49 heavy (non-hydrogen) atoms. The van der Waals surface area contributed by atoms with Crippen molar-refractivity contribution in [3.8, 4) is 0 Å². The average molecular weight is 695 g/mol. The molecule has 0 aromatic rings. The zero-order valence-corrected chi connectivity index (χ0v) is 29.3. The van der Waals surface area contributed by atoms with E-state index in [9.17, 15) is 38.4 Å². The molecule has 8 amide bonds. The number of primary amides is 1. The van der Waals surface area contributed by atoms with Crippen LogP contribution in [0.15, 0.2) is 0 Å². The van der Waals surface area contributed by atoms with Gasteiger partial charge in [0, 0.05) is 39.0 Å². The first-order chi connectivity index (χ1) is 22.6. The summed E-state index contributed by atoms with van der Waals surface area (Å²) in [7, 11) is 1.45. The maximum atomic E-state index is 14.2. The molecule has 0 saturated carbocycles. The molecule has 0 radical (unpaired) electrons. The molecule has 0 spiro atoms. The maximum absolute atomic E-state index is 14.2. The number of hydrogen-bond acceptors (Lipinski definition) is 11. The van der Waals surface area contributed by atoms with E-state index in [1.165, 1.54) is 17.0 Å². The first kappa shape index (κ1) is 39.0. The monoisotopic (exact) mass is 694 g/mol. The van der Waals surface area contributed by atoms with Gasteiger partial charge < -0.3 is 36.1 Å². The van der Waals surface area contributed by atoms with Crippen molar-refractivity contribution >= 4 is 47.6 Å². The van der Waals surface area contributed by atoms with Crippen LogP contribution in [-0.2, 0) is 38.2 Å². The molecule has 0 bridgehead atoms. The van der Waals surface area contributed by atoms with Crippen LogP contribution in [0.2, 0.25) is 0 Å². The second-order valence-electron chi connectivity index (χ2n) is 14.5. The van der Waals surface area contributed by atoms with Crippen LogP contribution >= 0.6 is 0 Å². The number of carbonyl (C=O) groups excluding carboxylic acids is 8. The third kappa shape index (κ3) is 11.3. The van der Waals surface area contributed by atoms with Crippen molar-refractivity contribution in [2.24, 2.45) is 5.73 Å². The molecule has 3 aliphatic rings. The van der Waals surface area contributed by atoms with Crippen LogP contribution < -0.4 is 27.0 Å². The van der Waals surface area contributed by atoms with Crippen molar-refractivity contribution < 1.29 is 47.8 Å². The molecule has 0 aromatic heterocycles. The Labute approximate surface area is 285 Å². The Morgan fingerprint density at radius 3 is 2.18 bits per heavy atom. The van der Waals surface area contributed by atoms with Gasteiger partial charge in [-0.2, -0.15) is 0 Å². The van der Waals surface area contributed by atoms with E-state index in [-0.39, 0.29) is 45.2 Å². The molecular formula is C31H50N8O10. The Kier molecular flexibility index (Phi) is 12.6. The fourth-order valence-corrected chi connectivity index (χ4v) is 5.82. The number of hydrogen-bond donors (Lipinski definition) is 5. The summed E-state index contributed by atoms with van der Waals surface area (Å²) in [6, 6.07) is -5.58. The Hall–Kier alpha value is -4.48. The minimum Gasteiger partial charge on any atom is -0.458 e. The van der Waals surface area contributed by atoms with Crippen LogP contribution in [0.5, 0.6) is 0 Å². The van der Waals surface area contributed by atoms with E-state index in [0.29, 0.717) is 12.8 Å². The van der Waals surface area contributed by atoms with E-state index in [1.807, 2.05) is 0 Å². The van der Waals surface area contributed by atoms with Crippen LogP contribution in [0.4, 0.5) is 9.59 Å². The topological polar surface area (TPSA) is 239 Å². The highest BCUT2D eigenvalue weighted by Crippen LogP contribution is 2.30. The van der Waals surface area contributed by atoms with Gasteiger partial charge in [-0.3, -0.25) is 34.3 Å². The summed E-state index contributed by atoms with van der Waals surface area (Å²) in [5.41, 5.74) is 3.53. The lowest BCUT2D eigenvalue weighted by atomic mass is 10.1. The highest BCUT2D eigenvalue weighted by atomic mass is 16.6. The third-order valence-electron chi connectivity index (χ3n) is 8.10. The third-order valence-corrected chi connectivity index (χ3v) is 8.10. The Bertz CT molecular complexity index is 1330. The lowest BCUT2D eigenvalue weighted by Crippen LogP contribution is -2.64. The lowest BCUT2D eigenvalue weighted by Gasteiger charge is -2.41. The summed E-state index contributed by atoms with van der Waals surface area (Å²) in [5.74, 6) is -3.72. The van der Waals surface area contributed by atoms with Crippen molar-refractivity contribution in [3.63, 3.8) is 0 Å². The van der Waals surface area contributed by atoms with Crippen LogP contribution in [0, 0.1) is 0 Å². The summed E-state index contributed by atoms with van der Waals surface area (Å²) >= 11 is 0. The van der Waals surface area contributed by atoms with Crippen LogP contribution in [0.25, 0.3) is 0 Å². The number of nitrogens with two attached hydrogens (primary N) is 1. The van der Waals surface area contributed by atoms with Crippen LogP contribution in [0.3, 0.4) is 0 Å². The molecule has 3 rings (SSSR count). The van der Waals surface area contributed by atoms with Gasteiger partial charge in [0.05, 0.1) is 0 Å². The predicted molar refractivity (Wildman–Crippen MR) is 172 cm³/mol. The number of esters is 1. The fraction of sp³-hybridized carbons (Fsp3) is 0.742. The van der Waals surface area contributed by atoms with E-state index in [4.69, 9.17) is 15.2 Å². The van der Waals surface area contributed by atoms with Crippen molar-refractivity contribution in [3.05, 3.63) is 0 Å². The van der Waals surface area contributed by atoms with Crippen LogP contribution in [-0.4, -0.2) is 124 Å². The normalized spacial score (nSPS) is 24.0. The summed E-state index contributed by atoms with van der Waals surface area (Å²) < 4.78 is 10.8. The summed E-state index contributed by atoms with van der Waals surface area (Å²) in [6.45, 7) is 9.97. The molecule has 18 nitrogen and oxygen atoms in total.